The quantitative estimate of drug-likeness (QED) is 0.827. The lowest BCUT2D eigenvalue weighted by atomic mass is 10.1. The molecule has 104 valence electrons. The number of nitrogens with one attached hydrogen (secondary N) is 1. The van der Waals surface area contributed by atoms with Crippen LogP contribution in [0.2, 0.25) is 0 Å². The number of hydrogen-bond acceptors (Lipinski definition) is 4. The molecule has 1 atom stereocenters. The summed E-state index contributed by atoms with van der Waals surface area (Å²) in [7, 11) is 1.39. The third-order valence-corrected chi connectivity index (χ3v) is 3.38. The van der Waals surface area contributed by atoms with Crippen molar-refractivity contribution in [3.63, 3.8) is 0 Å². The standard InChI is InChI=1S/C15H21NO3/c1-18-15(17)13-7-5-12(6-8-13)10-19-11-14-4-2-3-9-16-14/h5-8,14,16H,2-4,9-11H2,1H3. The molecule has 1 aromatic rings. The molecule has 19 heavy (non-hydrogen) atoms. The maximum Gasteiger partial charge on any atom is 0.337 e. The lowest BCUT2D eigenvalue weighted by Gasteiger charge is -2.23. The molecule has 0 spiro atoms. The maximum absolute atomic E-state index is 11.3. The summed E-state index contributed by atoms with van der Waals surface area (Å²) in [6.07, 6.45) is 3.75. The van der Waals surface area contributed by atoms with Gasteiger partial charge in [0.15, 0.2) is 0 Å². The van der Waals surface area contributed by atoms with Crippen molar-refractivity contribution in [2.75, 3.05) is 20.3 Å². The van der Waals surface area contributed by atoms with Gasteiger partial charge in [-0.1, -0.05) is 18.6 Å². The van der Waals surface area contributed by atoms with Crippen LogP contribution in [0.15, 0.2) is 24.3 Å². The van der Waals surface area contributed by atoms with Crippen LogP contribution in [0.4, 0.5) is 0 Å². The van der Waals surface area contributed by atoms with Gasteiger partial charge in [0.1, 0.15) is 0 Å². The van der Waals surface area contributed by atoms with E-state index in [1.165, 1.54) is 26.4 Å². The third kappa shape index (κ3) is 4.33. The zero-order chi connectivity index (χ0) is 13.5. The molecule has 4 nitrogen and oxygen atoms in total. The Balaban J connectivity index is 1.75. The van der Waals surface area contributed by atoms with Crippen LogP contribution in [0.5, 0.6) is 0 Å². The fraction of sp³-hybridized carbons (Fsp3) is 0.533. The topological polar surface area (TPSA) is 47.6 Å². The minimum atomic E-state index is -0.307. The van der Waals surface area contributed by atoms with Crippen molar-refractivity contribution < 1.29 is 14.3 Å². The van der Waals surface area contributed by atoms with E-state index in [0.717, 1.165) is 18.7 Å². The van der Waals surface area contributed by atoms with E-state index in [4.69, 9.17) is 4.74 Å². The fourth-order valence-corrected chi connectivity index (χ4v) is 2.24. The van der Waals surface area contributed by atoms with Gasteiger partial charge < -0.3 is 14.8 Å². The summed E-state index contributed by atoms with van der Waals surface area (Å²) in [6.45, 7) is 2.43. The number of rotatable bonds is 5. The number of benzene rings is 1. The van der Waals surface area contributed by atoms with Crippen molar-refractivity contribution in [3.05, 3.63) is 35.4 Å². The molecule has 1 unspecified atom stereocenters. The normalized spacial score (nSPS) is 19.1. The first-order chi connectivity index (χ1) is 9.29. The molecule has 0 bridgehead atoms. The van der Waals surface area contributed by atoms with Gasteiger partial charge >= 0.3 is 5.97 Å². The van der Waals surface area contributed by atoms with Crippen molar-refractivity contribution in [2.24, 2.45) is 0 Å². The van der Waals surface area contributed by atoms with Gasteiger partial charge in [-0.25, -0.2) is 4.79 Å². The van der Waals surface area contributed by atoms with Crippen LogP contribution in [0, 0.1) is 0 Å². The summed E-state index contributed by atoms with van der Waals surface area (Å²) >= 11 is 0. The van der Waals surface area contributed by atoms with Crippen LogP contribution in [-0.2, 0) is 16.1 Å². The van der Waals surface area contributed by atoms with Crippen LogP contribution in [-0.4, -0.2) is 32.3 Å². The number of esters is 1. The first-order valence-electron chi connectivity index (χ1n) is 6.78. The SMILES string of the molecule is COC(=O)c1ccc(COCC2CCCCN2)cc1. The number of ether oxygens (including phenoxy) is 2. The largest absolute Gasteiger partial charge is 0.465 e. The van der Waals surface area contributed by atoms with E-state index in [2.05, 4.69) is 10.1 Å². The Kier molecular flexibility index (Phi) is 5.36. The lowest BCUT2D eigenvalue weighted by molar-refractivity contribution is 0.0600. The van der Waals surface area contributed by atoms with Crippen molar-refractivity contribution >= 4 is 5.97 Å². The minimum absolute atomic E-state index is 0.307. The zero-order valence-corrected chi connectivity index (χ0v) is 11.4. The van der Waals surface area contributed by atoms with Crippen LogP contribution >= 0.6 is 0 Å². The average Bonchev–Trinajstić information content (AvgIpc) is 2.48. The Hall–Kier alpha value is -1.39. The van der Waals surface area contributed by atoms with Gasteiger partial charge in [0.05, 0.1) is 25.9 Å². The summed E-state index contributed by atoms with van der Waals surface area (Å²) in [6, 6.07) is 7.83. The highest BCUT2D eigenvalue weighted by Crippen LogP contribution is 2.10. The molecule has 1 saturated heterocycles. The Labute approximate surface area is 114 Å². The highest BCUT2D eigenvalue weighted by atomic mass is 16.5. The van der Waals surface area contributed by atoms with Gasteiger partial charge in [0, 0.05) is 6.04 Å². The van der Waals surface area contributed by atoms with E-state index in [1.54, 1.807) is 12.1 Å². The fourth-order valence-electron chi connectivity index (χ4n) is 2.24. The summed E-state index contributed by atoms with van der Waals surface area (Å²) in [4.78, 5) is 11.3. The van der Waals surface area contributed by atoms with E-state index in [9.17, 15) is 4.79 Å². The van der Waals surface area contributed by atoms with E-state index in [1.807, 2.05) is 12.1 Å². The monoisotopic (exact) mass is 263 g/mol. The van der Waals surface area contributed by atoms with Crippen molar-refractivity contribution in [1.82, 2.24) is 5.32 Å². The Morgan fingerprint density at radius 3 is 2.74 bits per heavy atom. The molecule has 0 radical (unpaired) electrons. The van der Waals surface area contributed by atoms with Gasteiger partial charge in [-0.2, -0.15) is 0 Å². The van der Waals surface area contributed by atoms with Gasteiger partial charge in [-0.05, 0) is 37.1 Å². The van der Waals surface area contributed by atoms with Crippen LogP contribution in [0.1, 0.15) is 35.2 Å². The number of piperidine rings is 1. The van der Waals surface area contributed by atoms with Gasteiger partial charge in [-0.3, -0.25) is 0 Å². The average molecular weight is 263 g/mol. The van der Waals surface area contributed by atoms with E-state index < -0.39 is 0 Å². The highest BCUT2D eigenvalue weighted by Gasteiger charge is 2.12. The summed E-state index contributed by atoms with van der Waals surface area (Å²) in [5, 5.41) is 3.45. The summed E-state index contributed by atoms with van der Waals surface area (Å²) in [5.41, 5.74) is 1.64. The van der Waals surface area contributed by atoms with E-state index >= 15 is 0 Å². The number of methoxy groups -OCH3 is 1. The van der Waals surface area contributed by atoms with Crippen LogP contribution < -0.4 is 5.32 Å². The van der Waals surface area contributed by atoms with Gasteiger partial charge in [-0.15, -0.1) is 0 Å². The Bertz CT molecular complexity index is 396. The second-order valence-corrected chi connectivity index (χ2v) is 4.85. The second kappa shape index (κ2) is 7.26. The summed E-state index contributed by atoms with van der Waals surface area (Å²) < 4.78 is 10.4. The zero-order valence-electron chi connectivity index (χ0n) is 11.4. The van der Waals surface area contributed by atoms with E-state index in [0.29, 0.717) is 18.2 Å². The number of hydrogen-bond donors (Lipinski definition) is 1. The second-order valence-electron chi connectivity index (χ2n) is 4.85. The molecule has 1 fully saturated rings. The Morgan fingerprint density at radius 1 is 1.32 bits per heavy atom. The summed E-state index contributed by atoms with van der Waals surface area (Å²) in [5.74, 6) is -0.307. The molecule has 1 aromatic carbocycles. The predicted molar refractivity (Wildman–Crippen MR) is 73.1 cm³/mol. The van der Waals surface area contributed by atoms with Crippen LogP contribution in [0.25, 0.3) is 0 Å². The van der Waals surface area contributed by atoms with Gasteiger partial charge in [0.25, 0.3) is 0 Å². The van der Waals surface area contributed by atoms with E-state index in [-0.39, 0.29) is 5.97 Å². The molecule has 0 amide bonds. The number of carbonyl (C=O) groups is 1. The molecule has 0 aliphatic carbocycles. The molecule has 1 N–H and O–H groups in total. The first-order valence-corrected chi connectivity index (χ1v) is 6.78. The molecule has 0 aromatic heterocycles. The molecular weight excluding hydrogens is 242 g/mol. The molecule has 2 rings (SSSR count). The molecular formula is C15H21NO3. The van der Waals surface area contributed by atoms with Gasteiger partial charge in [0.2, 0.25) is 0 Å². The van der Waals surface area contributed by atoms with Crippen molar-refractivity contribution in [1.29, 1.82) is 0 Å². The van der Waals surface area contributed by atoms with Crippen molar-refractivity contribution in [2.45, 2.75) is 31.9 Å². The molecule has 4 heteroatoms. The van der Waals surface area contributed by atoms with Crippen molar-refractivity contribution in [3.8, 4) is 0 Å². The first kappa shape index (κ1) is 14.0. The maximum atomic E-state index is 11.3. The molecule has 1 aliphatic heterocycles. The highest BCUT2D eigenvalue weighted by molar-refractivity contribution is 5.89. The third-order valence-electron chi connectivity index (χ3n) is 3.38. The molecule has 1 heterocycles. The molecule has 0 saturated carbocycles. The molecule has 1 aliphatic rings. The Morgan fingerprint density at radius 2 is 2.11 bits per heavy atom. The lowest BCUT2D eigenvalue weighted by Crippen LogP contribution is -2.37. The number of carbonyl (C=O) groups excluding carboxylic acids is 1. The minimum Gasteiger partial charge on any atom is -0.465 e. The predicted octanol–water partition coefficient (Wildman–Crippen LogP) is 2.13. The van der Waals surface area contributed by atoms with Crippen LogP contribution in [0.3, 0.4) is 0 Å². The smallest absolute Gasteiger partial charge is 0.337 e.